The Balaban J connectivity index is 1.46. The molecule has 1 aliphatic heterocycles. The summed E-state index contributed by atoms with van der Waals surface area (Å²) >= 11 is 0. The first-order valence-corrected chi connectivity index (χ1v) is 13.3. The summed E-state index contributed by atoms with van der Waals surface area (Å²) in [6.45, 7) is 5.58. The van der Waals surface area contributed by atoms with Crippen LogP contribution in [0.2, 0.25) is 0 Å². The molecule has 0 saturated carbocycles. The third-order valence-corrected chi connectivity index (χ3v) is 8.13. The molecule has 1 aliphatic rings. The average Bonchev–Trinajstić information content (AvgIpc) is 3.35. The van der Waals surface area contributed by atoms with Gasteiger partial charge in [-0.2, -0.15) is 9.40 Å². The number of aromatic nitrogens is 4. The fraction of sp³-hybridized carbons (Fsp3) is 0.269. The predicted molar refractivity (Wildman–Crippen MR) is 139 cm³/mol. The highest BCUT2D eigenvalue weighted by Crippen LogP contribution is 2.28. The van der Waals surface area contributed by atoms with Crippen LogP contribution >= 0.6 is 0 Å². The highest BCUT2D eigenvalue weighted by atomic mass is 32.2. The molecule has 4 aromatic rings. The van der Waals surface area contributed by atoms with Crippen LogP contribution in [-0.4, -0.2) is 58.5 Å². The molecule has 2 aromatic heterocycles. The zero-order chi connectivity index (χ0) is 25.3. The number of benzene rings is 2. The number of para-hydroxylation sites is 1. The van der Waals surface area contributed by atoms with E-state index in [9.17, 15) is 13.2 Å². The van der Waals surface area contributed by atoms with E-state index in [-0.39, 0.29) is 11.6 Å². The predicted octanol–water partition coefficient (Wildman–Crippen LogP) is 3.19. The molecule has 0 amide bonds. The first kappa shape index (κ1) is 24.0. The van der Waals surface area contributed by atoms with E-state index in [1.54, 1.807) is 36.4 Å². The van der Waals surface area contributed by atoms with E-state index in [0.717, 1.165) is 17.2 Å². The van der Waals surface area contributed by atoms with Gasteiger partial charge in [-0.15, -0.1) is 5.10 Å². The monoisotopic (exact) mass is 504 g/mol. The summed E-state index contributed by atoms with van der Waals surface area (Å²) in [5.74, 6) is 0.731. The van der Waals surface area contributed by atoms with E-state index in [4.69, 9.17) is 5.10 Å². The second kappa shape index (κ2) is 9.71. The lowest BCUT2D eigenvalue weighted by Gasteiger charge is -2.34. The summed E-state index contributed by atoms with van der Waals surface area (Å²) in [6.07, 6.45) is 0. The Hall–Kier alpha value is -3.76. The van der Waals surface area contributed by atoms with Crippen molar-refractivity contribution in [1.82, 2.24) is 23.9 Å². The van der Waals surface area contributed by atoms with Crippen molar-refractivity contribution in [2.45, 2.75) is 24.8 Å². The van der Waals surface area contributed by atoms with Crippen molar-refractivity contribution in [3.63, 3.8) is 0 Å². The quantitative estimate of drug-likeness (QED) is 0.400. The van der Waals surface area contributed by atoms with Crippen molar-refractivity contribution >= 4 is 15.8 Å². The molecule has 0 unspecified atom stereocenters. The summed E-state index contributed by atoms with van der Waals surface area (Å²) in [7, 11) is -3.53. The highest BCUT2D eigenvalue weighted by Gasteiger charge is 2.29. The van der Waals surface area contributed by atoms with Crippen LogP contribution in [0.3, 0.4) is 0 Å². The molecule has 186 valence electrons. The molecule has 2 aromatic carbocycles. The van der Waals surface area contributed by atoms with Gasteiger partial charge in [0.05, 0.1) is 22.3 Å². The van der Waals surface area contributed by atoms with Gasteiger partial charge in [0.2, 0.25) is 10.0 Å². The summed E-state index contributed by atoms with van der Waals surface area (Å²) in [6, 6.07) is 23.4. The topological polar surface area (TPSA) is 93.3 Å². The summed E-state index contributed by atoms with van der Waals surface area (Å²) < 4.78 is 30.9. The van der Waals surface area contributed by atoms with E-state index >= 15 is 0 Å². The van der Waals surface area contributed by atoms with Gasteiger partial charge in [-0.1, -0.05) is 36.4 Å². The van der Waals surface area contributed by atoms with Crippen LogP contribution in [0.4, 0.5) is 5.82 Å². The number of piperazine rings is 1. The Labute approximate surface area is 210 Å². The van der Waals surface area contributed by atoms with Crippen LogP contribution in [0.25, 0.3) is 17.1 Å². The zero-order valence-corrected chi connectivity index (χ0v) is 21.0. The summed E-state index contributed by atoms with van der Waals surface area (Å²) in [4.78, 5) is 14.7. The normalized spacial score (nSPS) is 14.9. The molecular formula is C26H28N6O3S. The molecule has 0 radical (unpaired) electrons. The molecule has 5 rings (SSSR count). The molecule has 0 N–H and O–H groups in total. The maximum absolute atomic E-state index is 13.0. The molecule has 3 heterocycles. The van der Waals surface area contributed by atoms with E-state index in [2.05, 4.69) is 10.00 Å². The van der Waals surface area contributed by atoms with E-state index in [0.29, 0.717) is 36.8 Å². The van der Waals surface area contributed by atoms with E-state index in [1.165, 1.54) is 15.1 Å². The minimum absolute atomic E-state index is 0.0790. The SMILES string of the molecule is CC(C)n1nc(-c2cc(N3CCN(S(=O)(=O)c4ccccc4)CC3)nn2-c2ccccc2)ccc1=O. The Kier molecular flexibility index (Phi) is 6.46. The lowest BCUT2D eigenvalue weighted by molar-refractivity contribution is 0.383. The smallest absolute Gasteiger partial charge is 0.267 e. The van der Waals surface area contributed by atoms with Gasteiger partial charge in [-0.05, 0) is 44.2 Å². The second-order valence-corrected chi connectivity index (χ2v) is 10.9. The van der Waals surface area contributed by atoms with Gasteiger partial charge in [-0.25, -0.2) is 17.8 Å². The van der Waals surface area contributed by atoms with Crippen molar-refractivity contribution in [2.75, 3.05) is 31.1 Å². The second-order valence-electron chi connectivity index (χ2n) is 8.93. The summed E-state index contributed by atoms with van der Waals surface area (Å²) in [5.41, 5.74) is 2.10. The van der Waals surface area contributed by atoms with E-state index < -0.39 is 10.0 Å². The van der Waals surface area contributed by atoms with Crippen molar-refractivity contribution in [1.29, 1.82) is 0 Å². The standard InChI is InChI=1S/C26H28N6O3S/c1-20(2)31-26(33)14-13-23(27-31)24-19-25(28-32(24)21-9-5-3-6-10-21)29-15-17-30(18-16-29)36(34,35)22-11-7-4-8-12-22/h3-14,19-20H,15-18H2,1-2H3. The number of hydrogen-bond acceptors (Lipinski definition) is 6. The first-order chi connectivity index (χ1) is 17.3. The Morgan fingerprint density at radius 2 is 1.44 bits per heavy atom. The molecule has 9 nitrogen and oxygen atoms in total. The molecule has 1 saturated heterocycles. The van der Waals surface area contributed by atoms with Gasteiger partial charge >= 0.3 is 0 Å². The lowest BCUT2D eigenvalue weighted by atomic mass is 10.2. The first-order valence-electron chi connectivity index (χ1n) is 11.9. The van der Waals surface area contributed by atoms with Gasteiger partial charge < -0.3 is 4.90 Å². The number of sulfonamides is 1. The third kappa shape index (κ3) is 4.57. The fourth-order valence-electron chi connectivity index (χ4n) is 4.30. The lowest BCUT2D eigenvalue weighted by Crippen LogP contribution is -2.48. The van der Waals surface area contributed by atoms with Crippen LogP contribution in [0.5, 0.6) is 0 Å². The fourth-order valence-corrected chi connectivity index (χ4v) is 5.75. The van der Waals surface area contributed by atoms with Gasteiger partial charge in [0.15, 0.2) is 5.82 Å². The minimum atomic E-state index is -3.53. The van der Waals surface area contributed by atoms with Crippen LogP contribution in [0.15, 0.2) is 88.6 Å². The van der Waals surface area contributed by atoms with Crippen LogP contribution < -0.4 is 10.5 Å². The highest BCUT2D eigenvalue weighted by molar-refractivity contribution is 7.89. The van der Waals surface area contributed by atoms with Gasteiger partial charge in [0, 0.05) is 38.3 Å². The van der Waals surface area contributed by atoms with Crippen molar-refractivity contribution in [2.24, 2.45) is 0 Å². The number of anilines is 1. The summed E-state index contributed by atoms with van der Waals surface area (Å²) in [5, 5.41) is 9.47. The van der Waals surface area contributed by atoms with Gasteiger partial charge in [0.1, 0.15) is 5.69 Å². The van der Waals surface area contributed by atoms with Gasteiger partial charge in [0.25, 0.3) is 5.56 Å². The average molecular weight is 505 g/mol. The zero-order valence-electron chi connectivity index (χ0n) is 20.2. The van der Waals surface area contributed by atoms with Gasteiger partial charge in [-0.3, -0.25) is 4.79 Å². The Bertz CT molecular complexity index is 1510. The molecule has 36 heavy (non-hydrogen) atoms. The van der Waals surface area contributed by atoms with Crippen LogP contribution in [-0.2, 0) is 10.0 Å². The number of rotatable bonds is 6. The number of hydrogen-bond donors (Lipinski definition) is 0. The maximum Gasteiger partial charge on any atom is 0.267 e. The largest absolute Gasteiger partial charge is 0.352 e. The number of nitrogens with zero attached hydrogens (tertiary/aromatic N) is 6. The molecule has 10 heteroatoms. The van der Waals surface area contributed by atoms with Crippen LogP contribution in [0.1, 0.15) is 19.9 Å². The van der Waals surface area contributed by atoms with Crippen molar-refractivity contribution in [3.05, 3.63) is 89.2 Å². The molecule has 1 fully saturated rings. The molecule has 0 spiro atoms. The third-order valence-electron chi connectivity index (χ3n) is 6.22. The molecular weight excluding hydrogens is 476 g/mol. The van der Waals surface area contributed by atoms with Crippen LogP contribution in [0, 0.1) is 0 Å². The molecule has 0 bridgehead atoms. The maximum atomic E-state index is 13.0. The van der Waals surface area contributed by atoms with Crippen molar-refractivity contribution < 1.29 is 8.42 Å². The molecule has 0 aliphatic carbocycles. The van der Waals surface area contributed by atoms with E-state index in [1.807, 2.05) is 54.9 Å². The Morgan fingerprint density at radius 3 is 2.08 bits per heavy atom. The minimum Gasteiger partial charge on any atom is -0.352 e. The Morgan fingerprint density at radius 1 is 0.806 bits per heavy atom. The van der Waals surface area contributed by atoms with Crippen molar-refractivity contribution in [3.8, 4) is 17.1 Å². The molecule has 0 atom stereocenters.